The number of benzene rings is 1. The molecular formula is C23H25N3O2. The van der Waals surface area contributed by atoms with E-state index in [4.69, 9.17) is 14.8 Å². The molecule has 0 unspecified atom stereocenters. The van der Waals surface area contributed by atoms with Crippen molar-refractivity contribution in [1.82, 2.24) is 9.97 Å². The van der Waals surface area contributed by atoms with Crippen molar-refractivity contribution in [3.8, 4) is 0 Å². The Morgan fingerprint density at radius 1 is 1.18 bits per heavy atom. The van der Waals surface area contributed by atoms with Gasteiger partial charge in [0.25, 0.3) is 0 Å². The van der Waals surface area contributed by atoms with Crippen LogP contribution in [0.25, 0.3) is 17.0 Å². The van der Waals surface area contributed by atoms with Crippen LogP contribution in [-0.4, -0.2) is 34.5 Å². The molecule has 1 aliphatic rings. The van der Waals surface area contributed by atoms with E-state index in [1.54, 1.807) is 7.11 Å². The molecule has 0 bridgehead atoms. The molecule has 0 saturated heterocycles. The molecule has 3 N–H and O–H groups in total. The topological polar surface area (TPSA) is 73.4 Å². The maximum absolute atomic E-state index is 9.14. The minimum absolute atomic E-state index is 0.204. The SMILES string of the molecule is COC1=CC(c2cc3ccccc3[nH]2)=NC1=Cc1[nH]c(C)c(CCCO)c1C. The number of nitrogens with zero attached hydrogens (tertiary/aromatic N) is 1. The van der Waals surface area contributed by atoms with Gasteiger partial charge in [-0.05, 0) is 56.0 Å². The third-order valence-electron chi connectivity index (χ3n) is 5.28. The summed E-state index contributed by atoms with van der Waals surface area (Å²) in [5, 5.41) is 10.3. The van der Waals surface area contributed by atoms with Crippen LogP contribution < -0.4 is 0 Å². The summed E-state index contributed by atoms with van der Waals surface area (Å²) >= 11 is 0. The van der Waals surface area contributed by atoms with Gasteiger partial charge in [0.1, 0.15) is 11.5 Å². The molecule has 5 nitrogen and oxygen atoms in total. The van der Waals surface area contributed by atoms with E-state index in [1.165, 1.54) is 11.1 Å². The Labute approximate surface area is 164 Å². The summed E-state index contributed by atoms with van der Waals surface area (Å²) in [6.07, 6.45) is 5.63. The first-order chi connectivity index (χ1) is 13.6. The molecule has 0 atom stereocenters. The molecule has 1 aromatic carbocycles. The monoisotopic (exact) mass is 375 g/mol. The minimum atomic E-state index is 0.204. The van der Waals surface area contributed by atoms with Crippen LogP contribution in [0.5, 0.6) is 0 Å². The largest absolute Gasteiger partial charge is 0.494 e. The number of aliphatic hydroxyl groups excluding tert-OH is 1. The van der Waals surface area contributed by atoms with Crippen LogP contribution in [0, 0.1) is 13.8 Å². The van der Waals surface area contributed by atoms with Gasteiger partial charge < -0.3 is 19.8 Å². The molecule has 0 spiro atoms. The van der Waals surface area contributed by atoms with Crippen LogP contribution in [0.1, 0.15) is 34.6 Å². The van der Waals surface area contributed by atoms with Crippen molar-refractivity contribution in [3.05, 3.63) is 76.1 Å². The van der Waals surface area contributed by atoms with Gasteiger partial charge in [-0.25, -0.2) is 4.99 Å². The second kappa shape index (κ2) is 7.52. The molecular weight excluding hydrogens is 350 g/mol. The lowest BCUT2D eigenvalue weighted by Gasteiger charge is -2.02. The number of aliphatic imine (C=N–C) groups is 1. The Morgan fingerprint density at radius 3 is 2.75 bits per heavy atom. The number of fused-ring (bicyclic) bond motifs is 1. The number of hydrogen-bond acceptors (Lipinski definition) is 3. The average molecular weight is 375 g/mol. The molecule has 0 fully saturated rings. The fourth-order valence-electron chi connectivity index (χ4n) is 3.76. The number of aliphatic hydroxyl groups is 1. The van der Waals surface area contributed by atoms with Crippen molar-refractivity contribution in [3.63, 3.8) is 0 Å². The summed E-state index contributed by atoms with van der Waals surface area (Å²) in [5.41, 5.74) is 8.36. The molecule has 1 aliphatic heterocycles. The normalized spacial score (nSPS) is 15.4. The summed E-state index contributed by atoms with van der Waals surface area (Å²) < 4.78 is 5.58. The van der Waals surface area contributed by atoms with Gasteiger partial charge >= 0.3 is 0 Å². The lowest BCUT2D eigenvalue weighted by Crippen LogP contribution is -1.93. The van der Waals surface area contributed by atoms with Crippen LogP contribution in [0.15, 0.2) is 52.9 Å². The van der Waals surface area contributed by atoms with Crippen molar-refractivity contribution in [2.45, 2.75) is 26.7 Å². The first-order valence-corrected chi connectivity index (χ1v) is 9.54. The van der Waals surface area contributed by atoms with E-state index < -0.39 is 0 Å². The number of methoxy groups -OCH3 is 1. The van der Waals surface area contributed by atoms with Crippen molar-refractivity contribution >= 4 is 22.7 Å². The first kappa shape index (κ1) is 18.3. The fourth-order valence-corrected chi connectivity index (χ4v) is 3.76. The fraction of sp³-hybridized carbons (Fsp3) is 0.261. The number of nitrogens with one attached hydrogen (secondary N) is 2. The molecule has 2 aromatic heterocycles. The number of hydrogen-bond donors (Lipinski definition) is 3. The number of para-hydroxylation sites is 1. The smallest absolute Gasteiger partial charge is 0.146 e. The zero-order valence-corrected chi connectivity index (χ0v) is 16.5. The number of aromatic amines is 2. The predicted octanol–water partition coefficient (Wildman–Crippen LogP) is 4.41. The van der Waals surface area contributed by atoms with E-state index in [0.29, 0.717) is 0 Å². The molecule has 4 rings (SSSR count). The number of allylic oxidation sites excluding steroid dienone is 1. The van der Waals surface area contributed by atoms with E-state index in [1.807, 2.05) is 24.3 Å². The highest BCUT2D eigenvalue weighted by Gasteiger charge is 2.19. The van der Waals surface area contributed by atoms with Gasteiger partial charge in [0.05, 0.1) is 18.5 Å². The quantitative estimate of drug-likeness (QED) is 0.597. The van der Waals surface area contributed by atoms with E-state index >= 15 is 0 Å². The minimum Gasteiger partial charge on any atom is -0.494 e. The number of aryl methyl sites for hydroxylation is 1. The maximum atomic E-state index is 9.14. The summed E-state index contributed by atoms with van der Waals surface area (Å²) in [5.74, 6) is 0.747. The molecule has 0 saturated carbocycles. The van der Waals surface area contributed by atoms with Gasteiger partial charge in [0.15, 0.2) is 0 Å². The summed E-state index contributed by atoms with van der Waals surface area (Å²) in [6, 6.07) is 10.3. The van der Waals surface area contributed by atoms with Gasteiger partial charge in [-0.15, -0.1) is 0 Å². The first-order valence-electron chi connectivity index (χ1n) is 9.54. The van der Waals surface area contributed by atoms with Gasteiger partial charge in [0, 0.05) is 35.0 Å². The van der Waals surface area contributed by atoms with Crippen molar-refractivity contribution in [1.29, 1.82) is 0 Å². The second-order valence-corrected chi connectivity index (χ2v) is 7.10. The van der Waals surface area contributed by atoms with Gasteiger partial charge in [-0.1, -0.05) is 18.2 Å². The zero-order valence-electron chi connectivity index (χ0n) is 16.5. The van der Waals surface area contributed by atoms with Crippen LogP contribution in [0.4, 0.5) is 0 Å². The van der Waals surface area contributed by atoms with E-state index in [-0.39, 0.29) is 6.61 Å². The van der Waals surface area contributed by atoms with Gasteiger partial charge in [0.2, 0.25) is 0 Å². The van der Waals surface area contributed by atoms with Crippen molar-refractivity contribution < 1.29 is 9.84 Å². The Kier molecular flexibility index (Phi) is 4.92. The zero-order chi connectivity index (χ0) is 19.7. The predicted molar refractivity (Wildman–Crippen MR) is 114 cm³/mol. The summed E-state index contributed by atoms with van der Waals surface area (Å²) in [6.45, 7) is 4.38. The highest BCUT2D eigenvalue weighted by Crippen LogP contribution is 2.28. The Hall–Kier alpha value is -3.05. The van der Waals surface area contributed by atoms with E-state index in [2.05, 4.69) is 42.0 Å². The van der Waals surface area contributed by atoms with E-state index in [0.717, 1.165) is 58.0 Å². The summed E-state index contributed by atoms with van der Waals surface area (Å²) in [4.78, 5) is 11.7. The Bertz CT molecular complexity index is 1080. The molecule has 0 amide bonds. The van der Waals surface area contributed by atoms with Gasteiger partial charge in [-0.2, -0.15) is 0 Å². The van der Waals surface area contributed by atoms with Crippen molar-refractivity contribution in [2.75, 3.05) is 13.7 Å². The lowest BCUT2D eigenvalue weighted by molar-refractivity contribution is 0.288. The molecule has 0 radical (unpaired) electrons. The van der Waals surface area contributed by atoms with Crippen LogP contribution in [-0.2, 0) is 11.2 Å². The average Bonchev–Trinajstić information content (AvgIpc) is 3.37. The van der Waals surface area contributed by atoms with Gasteiger partial charge in [-0.3, -0.25) is 0 Å². The molecule has 144 valence electrons. The highest BCUT2D eigenvalue weighted by atomic mass is 16.5. The van der Waals surface area contributed by atoms with E-state index in [9.17, 15) is 0 Å². The molecule has 3 heterocycles. The van der Waals surface area contributed by atoms with Crippen LogP contribution in [0.3, 0.4) is 0 Å². The highest BCUT2D eigenvalue weighted by molar-refractivity contribution is 6.13. The Morgan fingerprint density at radius 2 is 2.00 bits per heavy atom. The molecule has 3 aromatic rings. The second-order valence-electron chi connectivity index (χ2n) is 7.10. The lowest BCUT2D eigenvalue weighted by atomic mass is 10.0. The van der Waals surface area contributed by atoms with Crippen LogP contribution in [0.2, 0.25) is 0 Å². The standard InChI is InChI=1S/C23H25N3O2/c1-14-17(8-6-10-27)15(2)24-19(14)12-22-23(28-3)13-21(26-22)20-11-16-7-4-5-9-18(16)25-20/h4-5,7,9,11-13,24-25,27H,6,8,10H2,1-3H3. The number of aromatic nitrogens is 2. The van der Waals surface area contributed by atoms with Crippen LogP contribution >= 0.6 is 0 Å². The third-order valence-corrected chi connectivity index (χ3v) is 5.28. The Balaban J connectivity index is 1.70. The third kappa shape index (κ3) is 3.29. The molecule has 28 heavy (non-hydrogen) atoms. The van der Waals surface area contributed by atoms with Crippen molar-refractivity contribution in [2.24, 2.45) is 4.99 Å². The number of H-pyrrole nitrogens is 2. The number of ether oxygens (including phenoxy) is 1. The molecule has 0 aliphatic carbocycles. The maximum Gasteiger partial charge on any atom is 0.146 e. The molecule has 5 heteroatoms. The summed E-state index contributed by atoms with van der Waals surface area (Å²) in [7, 11) is 1.67. The number of rotatable bonds is 6.